The summed E-state index contributed by atoms with van der Waals surface area (Å²) < 4.78 is 6.53. The summed E-state index contributed by atoms with van der Waals surface area (Å²) in [6.07, 6.45) is 1.62. The van der Waals surface area contributed by atoms with Gasteiger partial charge in [0.25, 0.3) is 0 Å². The van der Waals surface area contributed by atoms with Crippen molar-refractivity contribution in [1.29, 1.82) is 0 Å². The summed E-state index contributed by atoms with van der Waals surface area (Å²) in [6, 6.07) is 4.02. The number of hydrogen-bond acceptors (Lipinski definition) is 3. The maximum Gasteiger partial charge on any atom is 0.138 e. The fraction of sp³-hybridized carbons (Fsp3) is 0.333. The molecule has 0 amide bonds. The second kappa shape index (κ2) is 4.57. The maximum atomic E-state index is 9.20. The van der Waals surface area contributed by atoms with E-state index in [-0.39, 0.29) is 6.61 Å². The molecule has 0 spiro atoms. The number of benzene rings is 1. The lowest BCUT2D eigenvalue weighted by Crippen LogP contribution is -2.10. The van der Waals surface area contributed by atoms with Crippen LogP contribution in [0, 0.1) is 0 Å². The lowest BCUT2D eigenvalue weighted by atomic mass is 10.1. The molecule has 0 fully saturated rings. The van der Waals surface area contributed by atoms with E-state index in [1.807, 2.05) is 26.2 Å². The molecule has 1 aromatic heterocycles. The van der Waals surface area contributed by atoms with Crippen LogP contribution in [-0.2, 0) is 13.2 Å². The van der Waals surface area contributed by atoms with E-state index in [0.29, 0.717) is 0 Å². The Morgan fingerprint density at radius 3 is 2.69 bits per heavy atom. The van der Waals surface area contributed by atoms with Gasteiger partial charge in [0.15, 0.2) is 0 Å². The predicted octanol–water partition coefficient (Wildman–Crippen LogP) is 2.75. The second-order valence-electron chi connectivity index (χ2n) is 4.10. The molecule has 2 rings (SSSR count). The van der Waals surface area contributed by atoms with Gasteiger partial charge in [0.1, 0.15) is 5.58 Å². The first-order chi connectivity index (χ1) is 7.61. The van der Waals surface area contributed by atoms with Crippen molar-refractivity contribution in [2.24, 2.45) is 0 Å². The standard InChI is InChI=1S/C12H14BrNO2/c1-14(2)5-8-3-10(13)4-11-9(6-15)7-16-12(8)11/h3-4,7,15H,5-6H2,1-2H3. The summed E-state index contributed by atoms with van der Waals surface area (Å²) >= 11 is 3.48. The highest BCUT2D eigenvalue weighted by Gasteiger charge is 2.11. The van der Waals surface area contributed by atoms with Gasteiger partial charge in [0.2, 0.25) is 0 Å². The highest BCUT2D eigenvalue weighted by atomic mass is 79.9. The molecule has 3 nitrogen and oxygen atoms in total. The maximum absolute atomic E-state index is 9.20. The van der Waals surface area contributed by atoms with Crippen LogP contribution in [-0.4, -0.2) is 24.1 Å². The third kappa shape index (κ3) is 2.14. The van der Waals surface area contributed by atoms with Crippen molar-refractivity contribution < 1.29 is 9.52 Å². The lowest BCUT2D eigenvalue weighted by molar-refractivity contribution is 0.281. The summed E-state index contributed by atoms with van der Waals surface area (Å²) in [4.78, 5) is 2.09. The third-order valence-electron chi connectivity index (χ3n) is 2.45. The number of fused-ring (bicyclic) bond motifs is 1. The van der Waals surface area contributed by atoms with Gasteiger partial charge in [0, 0.05) is 27.5 Å². The number of aliphatic hydroxyl groups excluding tert-OH is 1. The van der Waals surface area contributed by atoms with E-state index in [1.54, 1.807) is 6.26 Å². The fourth-order valence-corrected chi connectivity index (χ4v) is 2.31. The van der Waals surface area contributed by atoms with Crippen LogP contribution in [0.2, 0.25) is 0 Å². The zero-order valence-electron chi connectivity index (χ0n) is 9.33. The third-order valence-corrected chi connectivity index (χ3v) is 2.91. The van der Waals surface area contributed by atoms with Crippen molar-refractivity contribution in [3.8, 4) is 0 Å². The van der Waals surface area contributed by atoms with Crippen LogP contribution in [0.15, 0.2) is 27.3 Å². The number of halogens is 1. The smallest absolute Gasteiger partial charge is 0.138 e. The molecule has 0 saturated heterocycles. The quantitative estimate of drug-likeness (QED) is 0.941. The van der Waals surface area contributed by atoms with Crippen LogP contribution < -0.4 is 0 Å². The number of rotatable bonds is 3. The van der Waals surface area contributed by atoms with Crippen LogP contribution in [0.5, 0.6) is 0 Å². The van der Waals surface area contributed by atoms with Crippen LogP contribution in [0.1, 0.15) is 11.1 Å². The van der Waals surface area contributed by atoms with Gasteiger partial charge in [-0.2, -0.15) is 0 Å². The Hall–Kier alpha value is -0.840. The number of furan rings is 1. The summed E-state index contributed by atoms with van der Waals surface area (Å²) in [5.41, 5.74) is 2.81. The number of nitrogens with zero attached hydrogens (tertiary/aromatic N) is 1. The van der Waals surface area contributed by atoms with E-state index < -0.39 is 0 Å². The lowest BCUT2D eigenvalue weighted by Gasteiger charge is -2.10. The molecule has 0 aliphatic heterocycles. The van der Waals surface area contributed by atoms with Gasteiger partial charge in [-0.25, -0.2) is 0 Å². The topological polar surface area (TPSA) is 36.6 Å². The van der Waals surface area contributed by atoms with E-state index in [2.05, 4.69) is 20.8 Å². The molecule has 1 heterocycles. The summed E-state index contributed by atoms with van der Waals surface area (Å²) in [5.74, 6) is 0. The molecule has 0 aliphatic carbocycles. The fourth-order valence-electron chi connectivity index (χ4n) is 1.80. The van der Waals surface area contributed by atoms with Crippen LogP contribution >= 0.6 is 15.9 Å². The van der Waals surface area contributed by atoms with Crippen molar-refractivity contribution in [3.05, 3.63) is 34.0 Å². The Bertz CT molecular complexity index is 505. The summed E-state index contributed by atoms with van der Waals surface area (Å²) in [6.45, 7) is 0.819. The first-order valence-corrected chi connectivity index (χ1v) is 5.85. The largest absolute Gasteiger partial charge is 0.464 e. The first-order valence-electron chi connectivity index (χ1n) is 5.06. The molecule has 0 atom stereocenters. The van der Waals surface area contributed by atoms with Crippen molar-refractivity contribution in [2.45, 2.75) is 13.2 Å². The first kappa shape index (κ1) is 11.6. The average molecular weight is 284 g/mol. The Morgan fingerprint density at radius 2 is 2.06 bits per heavy atom. The van der Waals surface area contributed by atoms with E-state index in [0.717, 1.165) is 33.1 Å². The van der Waals surface area contributed by atoms with Crippen LogP contribution in [0.25, 0.3) is 11.0 Å². The molecule has 1 N–H and O–H groups in total. The predicted molar refractivity (Wildman–Crippen MR) is 67.2 cm³/mol. The normalized spacial score (nSPS) is 11.6. The van der Waals surface area contributed by atoms with Gasteiger partial charge in [-0.1, -0.05) is 15.9 Å². The van der Waals surface area contributed by atoms with Crippen molar-refractivity contribution >= 4 is 26.9 Å². The minimum Gasteiger partial charge on any atom is -0.464 e. The van der Waals surface area contributed by atoms with Gasteiger partial charge in [-0.05, 0) is 26.2 Å². The Kier molecular flexibility index (Phi) is 3.33. The van der Waals surface area contributed by atoms with E-state index in [1.165, 1.54) is 0 Å². The minimum atomic E-state index is 0.00482. The number of hydrogen-bond donors (Lipinski definition) is 1. The van der Waals surface area contributed by atoms with Gasteiger partial charge in [-0.15, -0.1) is 0 Å². The molecule has 4 heteroatoms. The van der Waals surface area contributed by atoms with Gasteiger partial charge < -0.3 is 14.4 Å². The Balaban J connectivity index is 2.60. The molecule has 2 aromatic rings. The van der Waals surface area contributed by atoms with Crippen LogP contribution in [0.3, 0.4) is 0 Å². The molecule has 86 valence electrons. The average Bonchev–Trinajstić information content (AvgIpc) is 2.59. The highest BCUT2D eigenvalue weighted by molar-refractivity contribution is 9.10. The second-order valence-corrected chi connectivity index (χ2v) is 5.01. The van der Waals surface area contributed by atoms with Crippen molar-refractivity contribution in [3.63, 3.8) is 0 Å². The molecular weight excluding hydrogens is 270 g/mol. The molecule has 0 bridgehead atoms. The monoisotopic (exact) mass is 283 g/mol. The number of aliphatic hydroxyl groups is 1. The van der Waals surface area contributed by atoms with Crippen molar-refractivity contribution in [2.75, 3.05) is 14.1 Å². The Morgan fingerprint density at radius 1 is 1.31 bits per heavy atom. The molecule has 16 heavy (non-hydrogen) atoms. The molecule has 0 radical (unpaired) electrons. The van der Waals surface area contributed by atoms with Crippen molar-refractivity contribution in [1.82, 2.24) is 4.90 Å². The zero-order chi connectivity index (χ0) is 11.7. The molecule has 1 aromatic carbocycles. The molecule has 0 unspecified atom stereocenters. The SMILES string of the molecule is CN(C)Cc1cc(Br)cc2c(CO)coc12. The van der Waals surface area contributed by atoms with Crippen LogP contribution in [0.4, 0.5) is 0 Å². The minimum absolute atomic E-state index is 0.00482. The van der Waals surface area contributed by atoms with Gasteiger partial charge in [-0.3, -0.25) is 0 Å². The summed E-state index contributed by atoms with van der Waals surface area (Å²) in [7, 11) is 4.03. The van der Waals surface area contributed by atoms with Gasteiger partial charge >= 0.3 is 0 Å². The van der Waals surface area contributed by atoms with E-state index in [4.69, 9.17) is 4.42 Å². The highest BCUT2D eigenvalue weighted by Crippen LogP contribution is 2.29. The molecular formula is C12H14BrNO2. The molecule has 0 saturated carbocycles. The van der Waals surface area contributed by atoms with E-state index >= 15 is 0 Å². The van der Waals surface area contributed by atoms with Gasteiger partial charge in [0.05, 0.1) is 12.9 Å². The summed E-state index contributed by atoms with van der Waals surface area (Å²) in [5, 5.41) is 10.2. The molecule has 0 aliphatic rings. The van der Waals surface area contributed by atoms with E-state index in [9.17, 15) is 5.11 Å². The zero-order valence-corrected chi connectivity index (χ0v) is 10.9. The Labute approximate surface area is 103 Å².